The van der Waals surface area contributed by atoms with E-state index >= 15 is 0 Å². The highest BCUT2D eigenvalue weighted by molar-refractivity contribution is 8.00. The second-order valence-corrected chi connectivity index (χ2v) is 7.02. The van der Waals surface area contributed by atoms with E-state index < -0.39 is 27.6 Å². The van der Waals surface area contributed by atoms with Crippen molar-refractivity contribution in [3.05, 3.63) is 34.1 Å². The van der Waals surface area contributed by atoms with Gasteiger partial charge in [-0.05, 0) is 35.4 Å². The molecule has 1 amide bonds. The van der Waals surface area contributed by atoms with Gasteiger partial charge in [0.2, 0.25) is 16.9 Å². The molecule has 0 fully saturated rings. The van der Waals surface area contributed by atoms with E-state index in [-0.39, 0.29) is 5.69 Å². The van der Waals surface area contributed by atoms with E-state index in [1.807, 2.05) is 13.8 Å². The number of aromatic nitrogens is 4. The molecule has 134 valence electrons. The summed E-state index contributed by atoms with van der Waals surface area (Å²) in [6.45, 7) is 6.32. The summed E-state index contributed by atoms with van der Waals surface area (Å²) in [5.74, 6) is -1.02. The summed E-state index contributed by atoms with van der Waals surface area (Å²) in [4.78, 5) is 22.2. The van der Waals surface area contributed by atoms with Gasteiger partial charge in [0.25, 0.3) is 0 Å². The molecule has 2 rings (SSSR count). The van der Waals surface area contributed by atoms with Crippen molar-refractivity contribution >= 4 is 29.0 Å². The molecule has 25 heavy (non-hydrogen) atoms. The second-order valence-electron chi connectivity index (χ2n) is 5.71. The summed E-state index contributed by atoms with van der Waals surface area (Å²) in [7, 11) is 0. The van der Waals surface area contributed by atoms with Crippen molar-refractivity contribution < 1.29 is 14.1 Å². The number of nitrogens with zero attached hydrogens (tertiary/aromatic N) is 5. The van der Waals surface area contributed by atoms with Crippen LogP contribution in [0.3, 0.4) is 0 Å². The van der Waals surface area contributed by atoms with E-state index in [9.17, 15) is 19.3 Å². The highest BCUT2D eigenvalue weighted by Gasteiger charge is 2.21. The third-order valence-corrected chi connectivity index (χ3v) is 4.17. The predicted octanol–water partition coefficient (Wildman–Crippen LogP) is 2.50. The smallest absolute Gasteiger partial charge is 0.306 e. The molecular weight excluding hydrogens is 351 g/mol. The molecule has 1 atom stereocenters. The first-order valence-electron chi connectivity index (χ1n) is 7.45. The molecule has 0 saturated carbocycles. The zero-order valence-corrected chi connectivity index (χ0v) is 14.7. The summed E-state index contributed by atoms with van der Waals surface area (Å²) < 4.78 is 14.9. The van der Waals surface area contributed by atoms with E-state index in [2.05, 4.69) is 20.8 Å². The van der Waals surface area contributed by atoms with Crippen LogP contribution >= 0.6 is 11.8 Å². The van der Waals surface area contributed by atoms with Crippen molar-refractivity contribution in [1.29, 1.82) is 0 Å². The zero-order valence-electron chi connectivity index (χ0n) is 13.8. The Bertz CT molecular complexity index is 782. The van der Waals surface area contributed by atoms with Crippen molar-refractivity contribution in [2.75, 3.05) is 5.32 Å². The minimum absolute atomic E-state index is 0.146. The molecule has 1 unspecified atom stereocenters. The number of tetrazole rings is 1. The number of hydrogen-bond acceptors (Lipinski definition) is 7. The van der Waals surface area contributed by atoms with Crippen molar-refractivity contribution in [1.82, 2.24) is 20.2 Å². The molecule has 0 bridgehead atoms. The Kier molecular flexibility index (Phi) is 6.02. The lowest BCUT2D eigenvalue weighted by molar-refractivity contribution is -0.387. The Hall–Kier alpha value is -2.56. The normalized spacial score (nSPS) is 12.2. The van der Waals surface area contributed by atoms with E-state index in [0.717, 1.165) is 12.1 Å². The first-order valence-corrected chi connectivity index (χ1v) is 8.33. The van der Waals surface area contributed by atoms with Crippen LogP contribution in [-0.2, 0) is 11.3 Å². The number of hydrogen-bond donors (Lipinski definition) is 1. The van der Waals surface area contributed by atoms with Gasteiger partial charge >= 0.3 is 5.69 Å². The topological polar surface area (TPSA) is 116 Å². The van der Waals surface area contributed by atoms with Crippen LogP contribution in [-0.4, -0.2) is 36.3 Å². The van der Waals surface area contributed by atoms with Crippen LogP contribution in [0.2, 0.25) is 0 Å². The minimum Gasteiger partial charge on any atom is -0.325 e. The highest BCUT2D eigenvalue weighted by Crippen LogP contribution is 2.24. The number of rotatable bonds is 7. The van der Waals surface area contributed by atoms with Gasteiger partial charge in [-0.25, -0.2) is 4.68 Å². The number of nitro groups is 1. The van der Waals surface area contributed by atoms with Crippen LogP contribution in [0.15, 0.2) is 23.4 Å². The van der Waals surface area contributed by atoms with Crippen LogP contribution in [0, 0.1) is 21.8 Å². The quantitative estimate of drug-likeness (QED) is 0.453. The summed E-state index contributed by atoms with van der Waals surface area (Å²) in [6.07, 6.45) is 0. The van der Waals surface area contributed by atoms with Crippen LogP contribution in [0.5, 0.6) is 0 Å². The lowest BCUT2D eigenvalue weighted by Crippen LogP contribution is -2.23. The maximum Gasteiger partial charge on any atom is 0.306 e. The summed E-state index contributed by atoms with van der Waals surface area (Å²) in [5.41, 5.74) is -0.550. The average molecular weight is 368 g/mol. The Morgan fingerprint density at radius 2 is 2.16 bits per heavy atom. The van der Waals surface area contributed by atoms with Gasteiger partial charge in [0.15, 0.2) is 0 Å². The van der Waals surface area contributed by atoms with Crippen LogP contribution in [0.25, 0.3) is 0 Å². The Labute approximate surface area is 147 Å². The molecule has 0 spiro atoms. The van der Waals surface area contributed by atoms with Gasteiger partial charge in [0.05, 0.1) is 10.2 Å². The molecule has 0 aliphatic carbocycles. The summed E-state index contributed by atoms with van der Waals surface area (Å²) >= 11 is 1.17. The van der Waals surface area contributed by atoms with Gasteiger partial charge in [-0.2, -0.15) is 4.39 Å². The maximum atomic E-state index is 13.3. The Morgan fingerprint density at radius 1 is 1.44 bits per heavy atom. The number of nitrogens with one attached hydrogen (secondary N) is 1. The number of thioether (sulfide) groups is 1. The number of anilines is 1. The van der Waals surface area contributed by atoms with Crippen molar-refractivity contribution in [2.24, 2.45) is 5.92 Å². The van der Waals surface area contributed by atoms with Gasteiger partial charge in [0, 0.05) is 18.3 Å². The number of carbonyl (C=O) groups is 1. The fourth-order valence-electron chi connectivity index (χ4n) is 1.93. The molecule has 1 aromatic heterocycles. The van der Waals surface area contributed by atoms with Crippen LogP contribution in [0.1, 0.15) is 20.8 Å². The average Bonchev–Trinajstić information content (AvgIpc) is 2.95. The molecule has 1 heterocycles. The van der Waals surface area contributed by atoms with Crippen molar-refractivity contribution in [3.63, 3.8) is 0 Å². The highest BCUT2D eigenvalue weighted by atomic mass is 32.2. The third kappa shape index (κ3) is 4.95. The first kappa shape index (κ1) is 18.8. The lowest BCUT2D eigenvalue weighted by Gasteiger charge is -2.12. The predicted molar refractivity (Wildman–Crippen MR) is 89.7 cm³/mol. The molecular formula is C14H17FN6O3S. The molecule has 2 aromatic rings. The monoisotopic (exact) mass is 368 g/mol. The Balaban J connectivity index is 2.05. The number of nitro benzene ring substituents is 1. The van der Waals surface area contributed by atoms with Crippen molar-refractivity contribution in [3.8, 4) is 0 Å². The second kappa shape index (κ2) is 8.01. The zero-order chi connectivity index (χ0) is 18.6. The standard InChI is InChI=1S/C14H17FN6O3S/c1-8(2)7-20-14(17-18-19-20)25-9(3)13(22)16-10-4-5-11(15)12(6-10)21(23)24/h4-6,8-9H,7H2,1-3H3,(H,16,22). The fourth-order valence-corrected chi connectivity index (χ4v) is 2.73. The number of carbonyl (C=O) groups excluding carboxylic acids is 1. The molecule has 1 N–H and O–H groups in total. The number of amides is 1. The van der Waals surface area contributed by atoms with Crippen LogP contribution in [0.4, 0.5) is 15.8 Å². The molecule has 0 aliphatic rings. The van der Waals surface area contributed by atoms with E-state index in [0.29, 0.717) is 17.6 Å². The molecule has 0 aliphatic heterocycles. The minimum atomic E-state index is -0.960. The van der Waals surface area contributed by atoms with Crippen LogP contribution < -0.4 is 5.32 Å². The van der Waals surface area contributed by atoms with E-state index in [1.54, 1.807) is 11.6 Å². The Morgan fingerprint density at radius 3 is 2.80 bits per heavy atom. The maximum absolute atomic E-state index is 13.3. The van der Waals surface area contributed by atoms with E-state index in [4.69, 9.17) is 0 Å². The fraction of sp³-hybridized carbons (Fsp3) is 0.429. The SMILES string of the molecule is CC(C)Cn1nnnc1SC(C)C(=O)Nc1ccc(F)c([N+](=O)[O-])c1. The van der Waals surface area contributed by atoms with Gasteiger partial charge in [-0.1, -0.05) is 25.6 Å². The molecule has 9 nitrogen and oxygen atoms in total. The summed E-state index contributed by atoms with van der Waals surface area (Å²) in [5, 5.41) is 24.6. The van der Waals surface area contributed by atoms with Gasteiger partial charge in [-0.15, -0.1) is 5.10 Å². The molecule has 0 saturated heterocycles. The van der Waals surface area contributed by atoms with Gasteiger partial charge in [-0.3, -0.25) is 14.9 Å². The van der Waals surface area contributed by atoms with Gasteiger partial charge in [0.1, 0.15) is 0 Å². The third-order valence-electron chi connectivity index (χ3n) is 3.10. The van der Waals surface area contributed by atoms with E-state index in [1.165, 1.54) is 17.8 Å². The largest absolute Gasteiger partial charge is 0.325 e. The molecule has 11 heteroatoms. The molecule has 0 radical (unpaired) electrons. The lowest BCUT2D eigenvalue weighted by atomic mass is 10.2. The first-order chi connectivity index (χ1) is 11.8. The number of benzene rings is 1. The van der Waals surface area contributed by atoms with Gasteiger partial charge < -0.3 is 5.32 Å². The van der Waals surface area contributed by atoms with Crippen molar-refractivity contribution in [2.45, 2.75) is 37.7 Å². The summed E-state index contributed by atoms with van der Waals surface area (Å²) in [6, 6.07) is 3.18. The number of halogens is 1. The molecule has 1 aromatic carbocycles.